The second-order valence-electron chi connectivity index (χ2n) is 6.87. The minimum Gasteiger partial charge on any atom is -0.442 e. The SMILES string of the molecule is Cc1oc2ncn(C)c(=O)c2c1C(=O)Nc1ccccc1CN1CCOCC1. The van der Waals surface area contributed by atoms with Crippen molar-refractivity contribution in [3.63, 3.8) is 0 Å². The van der Waals surface area contributed by atoms with Crippen LogP contribution in [-0.4, -0.2) is 46.7 Å². The molecule has 0 aliphatic carbocycles. The van der Waals surface area contributed by atoms with Crippen LogP contribution in [0, 0.1) is 6.92 Å². The normalized spacial score (nSPS) is 15.1. The molecule has 1 aliphatic rings. The largest absolute Gasteiger partial charge is 0.442 e. The Balaban J connectivity index is 1.65. The topological polar surface area (TPSA) is 89.6 Å². The minimum atomic E-state index is -0.379. The molecule has 1 aliphatic heterocycles. The van der Waals surface area contributed by atoms with Gasteiger partial charge in [0.2, 0.25) is 5.71 Å². The number of carbonyl (C=O) groups is 1. The maximum absolute atomic E-state index is 13.0. The van der Waals surface area contributed by atoms with E-state index in [4.69, 9.17) is 9.15 Å². The molecule has 0 radical (unpaired) electrons. The predicted octanol–water partition coefficient (Wildman–Crippen LogP) is 1.92. The minimum absolute atomic E-state index is 0.173. The van der Waals surface area contributed by atoms with Gasteiger partial charge in [-0.2, -0.15) is 0 Å². The molecule has 8 nitrogen and oxygen atoms in total. The van der Waals surface area contributed by atoms with E-state index in [1.807, 2.05) is 24.3 Å². The molecule has 0 atom stereocenters. The van der Waals surface area contributed by atoms with Crippen LogP contribution in [0.5, 0.6) is 0 Å². The smallest absolute Gasteiger partial charge is 0.265 e. The second kappa shape index (κ2) is 7.57. The number of anilines is 1. The van der Waals surface area contributed by atoms with Crippen LogP contribution in [0.25, 0.3) is 11.1 Å². The van der Waals surface area contributed by atoms with Gasteiger partial charge in [0, 0.05) is 32.4 Å². The van der Waals surface area contributed by atoms with Crippen LogP contribution in [0.4, 0.5) is 5.69 Å². The van der Waals surface area contributed by atoms with Crippen LogP contribution in [0.15, 0.2) is 39.8 Å². The highest BCUT2D eigenvalue weighted by atomic mass is 16.5. The van der Waals surface area contributed by atoms with Gasteiger partial charge in [0.15, 0.2) is 0 Å². The van der Waals surface area contributed by atoms with Crippen molar-refractivity contribution in [2.24, 2.45) is 7.05 Å². The molecule has 8 heteroatoms. The van der Waals surface area contributed by atoms with Crippen LogP contribution in [0.1, 0.15) is 21.7 Å². The number of fused-ring (bicyclic) bond motifs is 1. The van der Waals surface area contributed by atoms with E-state index in [0.29, 0.717) is 31.2 Å². The Kier molecular flexibility index (Phi) is 4.97. The molecule has 2 aromatic heterocycles. The molecule has 0 bridgehead atoms. The molecule has 0 spiro atoms. The molecule has 1 N–H and O–H groups in total. The number of para-hydroxylation sites is 1. The zero-order valence-corrected chi connectivity index (χ0v) is 15.9. The van der Waals surface area contributed by atoms with Gasteiger partial charge in [-0.15, -0.1) is 0 Å². The van der Waals surface area contributed by atoms with Gasteiger partial charge in [0.05, 0.1) is 18.8 Å². The lowest BCUT2D eigenvalue weighted by Gasteiger charge is -2.27. The molecule has 1 amide bonds. The van der Waals surface area contributed by atoms with Gasteiger partial charge >= 0.3 is 0 Å². The van der Waals surface area contributed by atoms with Gasteiger partial charge in [-0.3, -0.25) is 14.5 Å². The molecule has 3 heterocycles. The summed E-state index contributed by atoms with van der Waals surface area (Å²) < 4.78 is 12.3. The summed E-state index contributed by atoms with van der Waals surface area (Å²) in [7, 11) is 1.59. The molecule has 146 valence electrons. The van der Waals surface area contributed by atoms with Gasteiger partial charge < -0.3 is 19.0 Å². The number of benzene rings is 1. The average Bonchev–Trinajstić information content (AvgIpc) is 3.04. The molecule has 3 aromatic rings. The van der Waals surface area contributed by atoms with E-state index in [9.17, 15) is 9.59 Å². The van der Waals surface area contributed by atoms with Crippen LogP contribution >= 0.6 is 0 Å². The number of nitrogens with zero attached hydrogens (tertiary/aromatic N) is 3. The highest BCUT2D eigenvalue weighted by molar-refractivity contribution is 6.12. The lowest BCUT2D eigenvalue weighted by Crippen LogP contribution is -2.35. The maximum Gasteiger partial charge on any atom is 0.265 e. The van der Waals surface area contributed by atoms with Crippen LogP contribution in [0.2, 0.25) is 0 Å². The molecule has 0 saturated carbocycles. The Morgan fingerprint density at radius 1 is 1.25 bits per heavy atom. The molecule has 28 heavy (non-hydrogen) atoms. The number of nitrogens with one attached hydrogen (secondary N) is 1. The number of amides is 1. The summed E-state index contributed by atoms with van der Waals surface area (Å²) in [6.07, 6.45) is 1.38. The fraction of sp³-hybridized carbons (Fsp3) is 0.350. The van der Waals surface area contributed by atoms with Crippen LogP contribution < -0.4 is 10.9 Å². The van der Waals surface area contributed by atoms with E-state index in [1.165, 1.54) is 10.9 Å². The van der Waals surface area contributed by atoms with E-state index in [1.54, 1.807) is 14.0 Å². The number of hydrogen-bond acceptors (Lipinski definition) is 6. The molecule has 0 unspecified atom stereocenters. The molecule has 4 rings (SSSR count). The first-order valence-electron chi connectivity index (χ1n) is 9.18. The maximum atomic E-state index is 13.0. The zero-order chi connectivity index (χ0) is 19.7. The highest BCUT2D eigenvalue weighted by Gasteiger charge is 2.23. The Morgan fingerprint density at radius 2 is 2.00 bits per heavy atom. The molecular weight excluding hydrogens is 360 g/mol. The molecule has 1 saturated heterocycles. The zero-order valence-electron chi connectivity index (χ0n) is 15.9. The third kappa shape index (κ3) is 3.44. The monoisotopic (exact) mass is 382 g/mol. The van der Waals surface area contributed by atoms with Crippen molar-refractivity contribution in [2.75, 3.05) is 31.6 Å². The van der Waals surface area contributed by atoms with E-state index < -0.39 is 0 Å². The van der Waals surface area contributed by atoms with Gasteiger partial charge in [0.1, 0.15) is 17.5 Å². The standard InChI is InChI=1S/C20H22N4O4/c1-13-16(17-19(28-13)21-12-23(2)20(17)26)18(25)22-15-6-4-3-5-14(15)11-24-7-9-27-10-8-24/h3-6,12H,7-11H2,1-2H3,(H,22,25). The van der Waals surface area contributed by atoms with Crippen molar-refractivity contribution in [1.29, 1.82) is 0 Å². The fourth-order valence-corrected chi connectivity index (χ4v) is 3.43. The predicted molar refractivity (Wildman–Crippen MR) is 104 cm³/mol. The Bertz CT molecular complexity index is 1080. The number of hydrogen-bond donors (Lipinski definition) is 1. The van der Waals surface area contributed by atoms with Crippen LogP contribution in [-0.2, 0) is 18.3 Å². The number of morpholine rings is 1. The average molecular weight is 382 g/mol. The summed E-state index contributed by atoms with van der Waals surface area (Å²) in [5.41, 5.74) is 1.81. The first-order chi connectivity index (χ1) is 13.5. The van der Waals surface area contributed by atoms with E-state index >= 15 is 0 Å². The second-order valence-corrected chi connectivity index (χ2v) is 6.87. The summed E-state index contributed by atoms with van der Waals surface area (Å²) in [4.78, 5) is 31.9. The first kappa shape index (κ1) is 18.4. The van der Waals surface area contributed by atoms with E-state index in [0.717, 1.165) is 18.7 Å². The Labute approximate surface area is 161 Å². The first-order valence-corrected chi connectivity index (χ1v) is 9.18. The number of aromatic nitrogens is 2. The van der Waals surface area contributed by atoms with Crippen LogP contribution in [0.3, 0.4) is 0 Å². The number of furan rings is 1. The van der Waals surface area contributed by atoms with Crippen molar-refractivity contribution < 1.29 is 13.9 Å². The lowest BCUT2D eigenvalue weighted by molar-refractivity contribution is 0.0342. The number of carbonyl (C=O) groups excluding carboxylic acids is 1. The summed E-state index contributed by atoms with van der Waals surface area (Å²) in [5, 5.41) is 3.15. The number of aryl methyl sites for hydroxylation is 2. The highest BCUT2D eigenvalue weighted by Crippen LogP contribution is 2.24. The van der Waals surface area contributed by atoms with Crippen molar-refractivity contribution in [3.05, 3.63) is 57.8 Å². The lowest BCUT2D eigenvalue weighted by atomic mass is 10.1. The number of rotatable bonds is 4. The molecule has 1 aromatic carbocycles. The van der Waals surface area contributed by atoms with E-state index in [2.05, 4.69) is 15.2 Å². The summed E-state index contributed by atoms with van der Waals surface area (Å²) in [5.74, 6) is -0.00950. The van der Waals surface area contributed by atoms with Crippen molar-refractivity contribution >= 4 is 22.7 Å². The quantitative estimate of drug-likeness (QED) is 0.742. The van der Waals surface area contributed by atoms with Crippen molar-refractivity contribution in [3.8, 4) is 0 Å². The summed E-state index contributed by atoms with van der Waals surface area (Å²) in [6.45, 7) is 5.52. The van der Waals surface area contributed by atoms with Gasteiger partial charge in [0.25, 0.3) is 11.5 Å². The van der Waals surface area contributed by atoms with Gasteiger partial charge in [-0.1, -0.05) is 18.2 Å². The Morgan fingerprint density at radius 3 is 2.79 bits per heavy atom. The molecule has 1 fully saturated rings. The van der Waals surface area contributed by atoms with Gasteiger partial charge in [-0.05, 0) is 18.6 Å². The fourth-order valence-electron chi connectivity index (χ4n) is 3.43. The third-order valence-electron chi connectivity index (χ3n) is 4.94. The van der Waals surface area contributed by atoms with Crippen molar-refractivity contribution in [1.82, 2.24) is 14.5 Å². The summed E-state index contributed by atoms with van der Waals surface area (Å²) in [6, 6.07) is 7.68. The number of ether oxygens (including phenoxy) is 1. The van der Waals surface area contributed by atoms with Crippen molar-refractivity contribution in [2.45, 2.75) is 13.5 Å². The third-order valence-corrected chi connectivity index (χ3v) is 4.94. The van der Waals surface area contributed by atoms with Gasteiger partial charge in [-0.25, -0.2) is 4.98 Å². The summed E-state index contributed by atoms with van der Waals surface area (Å²) >= 11 is 0. The van der Waals surface area contributed by atoms with E-state index in [-0.39, 0.29) is 28.1 Å². The molecular formula is C20H22N4O4. The Hall–Kier alpha value is -2.97.